The Bertz CT molecular complexity index is 630. The molecule has 3 nitrogen and oxygen atoms in total. The molecule has 0 spiro atoms. The number of Topliss-reactive ketones (excluding diaryl/α,β-unsaturated/α-hetero) is 1. The number of fused-ring (bicyclic) bond motifs is 5. The number of hydrogen-bond donors (Lipinski definition) is 1. The highest BCUT2D eigenvalue weighted by Gasteiger charge is 2.63. The summed E-state index contributed by atoms with van der Waals surface area (Å²) in [7, 11) is 0. The molecule has 4 rings (SSSR count). The zero-order valence-corrected chi connectivity index (χ0v) is 17.9. The minimum Gasteiger partial charge on any atom is -0.498 e. The molecular formula is C24H38O3. The van der Waals surface area contributed by atoms with Crippen LogP contribution in [0.5, 0.6) is 0 Å². The number of rotatable bonds is 3. The molecule has 0 radical (unpaired) electrons. The van der Waals surface area contributed by atoms with Crippen molar-refractivity contribution < 1.29 is 14.6 Å². The first-order valence-corrected chi connectivity index (χ1v) is 11.2. The highest BCUT2D eigenvalue weighted by molar-refractivity contribution is 5.87. The van der Waals surface area contributed by atoms with Crippen molar-refractivity contribution in [3.05, 3.63) is 23.5 Å². The van der Waals surface area contributed by atoms with Gasteiger partial charge in [0.05, 0.1) is 18.0 Å². The van der Waals surface area contributed by atoms with Gasteiger partial charge in [0.15, 0.2) is 0 Å². The van der Waals surface area contributed by atoms with Crippen LogP contribution < -0.4 is 0 Å². The number of ether oxygens (including phenoxy) is 1. The molecule has 0 aromatic carbocycles. The van der Waals surface area contributed by atoms with Crippen molar-refractivity contribution in [1.82, 2.24) is 0 Å². The van der Waals surface area contributed by atoms with E-state index in [4.69, 9.17) is 4.74 Å². The van der Waals surface area contributed by atoms with Crippen molar-refractivity contribution in [2.24, 2.45) is 29.1 Å². The molecule has 3 heteroatoms. The molecule has 0 heterocycles. The fourth-order valence-electron chi connectivity index (χ4n) is 6.97. The minimum atomic E-state index is -0.752. The first-order valence-electron chi connectivity index (χ1n) is 11.2. The van der Waals surface area contributed by atoms with Crippen molar-refractivity contribution >= 4 is 5.78 Å². The average molecular weight is 375 g/mol. The molecule has 0 aliphatic heterocycles. The van der Waals surface area contributed by atoms with Gasteiger partial charge >= 0.3 is 0 Å². The van der Waals surface area contributed by atoms with Gasteiger partial charge in [0, 0.05) is 18.3 Å². The first-order chi connectivity index (χ1) is 12.9. The normalized spacial score (nSPS) is 42.7. The number of carbonyl (C=O) groups excluding carboxylic acids is 1. The lowest BCUT2D eigenvalue weighted by atomic mass is 9.48. The molecule has 0 saturated heterocycles. The summed E-state index contributed by atoms with van der Waals surface area (Å²) in [6.07, 6.45) is 10.9. The molecular weight excluding hydrogens is 336 g/mol. The van der Waals surface area contributed by atoms with E-state index in [-0.39, 0.29) is 11.3 Å². The molecule has 2 fully saturated rings. The predicted octanol–water partition coefficient (Wildman–Crippen LogP) is 5.44. The lowest BCUT2D eigenvalue weighted by Gasteiger charge is -2.58. The van der Waals surface area contributed by atoms with Crippen LogP contribution in [-0.2, 0) is 9.53 Å². The summed E-state index contributed by atoms with van der Waals surface area (Å²) >= 11 is 0. The quantitative estimate of drug-likeness (QED) is 0.716. The zero-order chi connectivity index (χ0) is 19.8. The maximum absolute atomic E-state index is 12.8. The van der Waals surface area contributed by atoms with E-state index in [1.165, 1.54) is 5.57 Å². The molecule has 1 N–H and O–H groups in total. The summed E-state index contributed by atoms with van der Waals surface area (Å²) in [5, 5.41) is 11.5. The lowest BCUT2D eigenvalue weighted by Crippen LogP contribution is -2.58. The van der Waals surface area contributed by atoms with Crippen LogP contribution in [0.25, 0.3) is 0 Å². The van der Waals surface area contributed by atoms with Gasteiger partial charge in [0.2, 0.25) is 0 Å². The highest BCUT2D eigenvalue weighted by atomic mass is 16.5. The number of ketones is 1. The van der Waals surface area contributed by atoms with Gasteiger partial charge in [0.1, 0.15) is 5.78 Å². The third-order valence-corrected chi connectivity index (χ3v) is 7.79. The Morgan fingerprint density at radius 1 is 1.22 bits per heavy atom. The fourth-order valence-corrected chi connectivity index (χ4v) is 6.97. The molecule has 0 aromatic heterocycles. The van der Waals surface area contributed by atoms with Gasteiger partial charge in [-0.05, 0) is 81.3 Å². The van der Waals surface area contributed by atoms with Gasteiger partial charge in [-0.2, -0.15) is 0 Å². The van der Waals surface area contributed by atoms with E-state index in [1.54, 1.807) is 0 Å². The van der Waals surface area contributed by atoms with E-state index in [1.807, 2.05) is 27.7 Å². The van der Waals surface area contributed by atoms with Crippen LogP contribution in [0.3, 0.4) is 0 Å². The summed E-state index contributed by atoms with van der Waals surface area (Å²) in [4.78, 5) is 12.8. The zero-order valence-electron chi connectivity index (χ0n) is 17.9. The Labute approximate surface area is 165 Å². The molecule has 2 saturated carbocycles. The van der Waals surface area contributed by atoms with E-state index in [9.17, 15) is 9.90 Å². The highest BCUT2D eigenvalue weighted by Crippen LogP contribution is 2.64. The van der Waals surface area contributed by atoms with E-state index >= 15 is 0 Å². The van der Waals surface area contributed by atoms with Gasteiger partial charge in [-0.3, -0.25) is 4.79 Å². The molecule has 4 aliphatic rings. The number of carbonyl (C=O) groups is 1. The number of allylic oxidation sites excluding steroid dienone is 4. The smallest absolute Gasteiger partial charge is 0.139 e. The van der Waals surface area contributed by atoms with Gasteiger partial charge in [-0.25, -0.2) is 0 Å². The van der Waals surface area contributed by atoms with Gasteiger partial charge in [-0.1, -0.05) is 26.8 Å². The second kappa shape index (κ2) is 7.73. The second-order valence-electron chi connectivity index (χ2n) is 8.93. The molecule has 0 amide bonds. The standard InChI is InChI=1S/C22H32O3.C2H6/c1-4-22-13-21(3,24)20-16-9-7-15(25-5-2)12-14(16)6-8-17(20)18(22)10-11-19(22)23;1-2/h6,12,16-18,20,24H,4-5,7-11,13H2,1-3H3;1-2H3. The molecule has 4 aliphatic carbocycles. The summed E-state index contributed by atoms with van der Waals surface area (Å²) in [6.45, 7) is 10.9. The molecule has 6 atom stereocenters. The maximum atomic E-state index is 12.8. The van der Waals surface area contributed by atoms with Crippen LogP contribution in [0.2, 0.25) is 0 Å². The van der Waals surface area contributed by atoms with Crippen molar-refractivity contribution in [1.29, 1.82) is 0 Å². The Morgan fingerprint density at radius 2 is 1.96 bits per heavy atom. The van der Waals surface area contributed by atoms with Crippen LogP contribution in [0, 0.1) is 29.1 Å². The summed E-state index contributed by atoms with van der Waals surface area (Å²) in [5.41, 5.74) is 0.347. The van der Waals surface area contributed by atoms with Gasteiger partial charge in [0.25, 0.3) is 0 Å². The van der Waals surface area contributed by atoms with Crippen LogP contribution in [0.1, 0.15) is 79.6 Å². The van der Waals surface area contributed by atoms with Crippen LogP contribution >= 0.6 is 0 Å². The van der Waals surface area contributed by atoms with Gasteiger partial charge in [-0.15, -0.1) is 0 Å². The Hall–Kier alpha value is -1.09. The van der Waals surface area contributed by atoms with Crippen LogP contribution in [0.4, 0.5) is 0 Å². The molecule has 27 heavy (non-hydrogen) atoms. The average Bonchev–Trinajstić information content (AvgIpc) is 2.99. The van der Waals surface area contributed by atoms with E-state index in [2.05, 4.69) is 19.1 Å². The second-order valence-corrected chi connectivity index (χ2v) is 8.93. The minimum absolute atomic E-state index is 0.267. The predicted molar refractivity (Wildman–Crippen MR) is 109 cm³/mol. The van der Waals surface area contributed by atoms with Gasteiger partial charge < -0.3 is 9.84 Å². The van der Waals surface area contributed by atoms with Crippen molar-refractivity contribution in [3.63, 3.8) is 0 Å². The summed E-state index contributed by atoms with van der Waals surface area (Å²) in [6, 6.07) is 0. The van der Waals surface area contributed by atoms with E-state index in [0.717, 1.165) is 44.5 Å². The van der Waals surface area contributed by atoms with E-state index in [0.29, 0.717) is 36.4 Å². The number of aliphatic hydroxyl groups is 1. The first kappa shape index (κ1) is 20.6. The molecule has 6 unspecified atom stereocenters. The monoisotopic (exact) mass is 374 g/mol. The fraction of sp³-hybridized carbons (Fsp3) is 0.792. The van der Waals surface area contributed by atoms with Crippen LogP contribution in [0.15, 0.2) is 23.5 Å². The third kappa shape index (κ3) is 3.20. The maximum Gasteiger partial charge on any atom is 0.139 e. The molecule has 152 valence electrons. The van der Waals surface area contributed by atoms with Crippen molar-refractivity contribution in [3.8, 4) is 0 Å². The Kier molecular flexibility index (Phi) is 5.91. The van der Waals surface area contributed by atoms with E-state index < -0.39 is 5.60 Å². The topological polar surface area (TPSA) is 46.5 Å². The molecule has 0 bridgehead atoms. The number of hydrogen-bond acceptors (Lipinski definition) is 3. The molecule has 0 aromatic rings. The Balaban J connectivity index is 0.00000102. The summed E-state index contributed by atoms with van der Waals surface area (Å²) in [5.74, 6) is 3.12. The lowest BCUT2D eigenvalue weighted by molar-refractivity contribution is -0.164. The van der Waals surface area contributed by atoms with Crippen LogP contribution in [-0.4, -0.2) is 23.1 Å². The SMILES string of the molecule is CC.CCOC1=CC2=CCC3C(C2CC1)C(C)(O)CC1(CC)C(=O)CCC31. The third-order valence-electron chi connectivity index (χ3n) is 7.79. The summed E-state index contributed by atoms with van der Waals surface area (Å²) < 4.78 is 5.75. The Morgan fingerprint density at radius 3 is 2.63 bits per heavy atom. The largest absolute Gasteiger partial charge is 0.498 e. The van der Waals surface area contributed by atoms with Crippen molar-refractivity contribution in [2.45, 2.75) is 85.2 Å². The van der Waals surface area contributed by atoms with Crippen molar-refractivity contribution in [2.75, 3.05) is 6.61 Å².